The van der Waals surface area contributed by atoms with E-state index in [1.54, 1.807) is 5.56 Å². The van der Waals surface area contributed by atoms with Crippen molar-refractivity contribution >= 4 is 21.8 Å². The van der Waals surface area contributed by atoms with Crippen LogP contribution in [0.4, 0.5) is 0 Å². The Kier molecular flexibility index (Phi) is 10.8. The summed E-state index contributed by atoms with van der Waals surface area (Å²) >= 11 is 0. The first kappa shape index (κ1) is 34.3. The maximum Gasteiger partial charge on any atom is 0.0702 e. The summed E-state index contributed by atoms with van der Waals surface area (Å²) in [5, 5.41) is 2.74. The van der Waals surface area contributed by atoms with Crippen molar-refractivity contribution < 1.29 is 0 Å². The van der Waals surface area contributed by atoms with E-state index in [2.05, 4.69) is 116 Å². The van der Waals surface area contributed by atoms with Gasteiger partial charge < -0.3 is 4.57 Å². The molecular weight excluding hydrogens is 605 g/mol. The number of benzene rings is 4. The monoisotopic (exact) mass is 660 g/mol. The normalized spacial score (nSPS) is 13.3. The van der Waals surface area contributed by atoms with Crippen molar-refractivity contribution in [1.29, 1.82) is 0 Å². The highest BCUT2D eigenvalue weighted by atomic mass is 15.0. The second-order valence-corrected chi connectivity index (χ2v) is 14.9. The molecule has 0 radical (unpaired) electrons. The molecule has 258 valence electrons. The van der Waals surface area contributed by atoms with E-state index < -0.39 is 0 Å². The second-order valence-electron chi connectivity index (χ2n) is 14.9. The third kappa shape index (κ3) is 6.67. The number of pyridine rings is 1. The molecule has 1 aliphatic carbocycles. The second kappa shape index (κ2) is 15.8. The maximum atomic E-state index is 4.77. The zero-order valence-corrected chi connectivity index (χ0v) is 30.8. The molecule has 0 saturated carbocycles. The van der Waals surface area contributed by atoms with E-state index in [0.29, 0.717) is 0 Å². The van der Waals surface area contributed by atoms with Crippen molar-refractivity contribution in [2.24, 2.45) is 0 Å². The lowest BCUT2D eigenvalue weighted by Gasteiger charge is -2.33. The molecule has 0 spiro atoms. The third-order valence-corrected chi connectivity index (χ3v) is 11.6. The lowest BCUT2D eigenvalue weighted by molar-refractivity contribution is 0.401. The zero-order chi connectivity index (χ0) is 34.3. The van der Waals surface area contributed by atoms with Crippen LogP contribution in [-0.2, 0) is 12.0 Å². The molecule has 0 bridgehead atoms. The topological polar surface area (TPSA) is 17.8 Å². The first-order valence-corrected chi connectivity index (χ1v) is 19.9. The van der Waals surface area contributed by atoms with Crippen LogP contribution in [0.3, 0.4) is 0 Å². The molecule has 2 heterocycles. The summed E-state index contributed by atoms with van der Waals surface area (Å²) in [6.45, 7) is 8.03. The summed E-state index contributed by atoms with van der Waals surface area (Å²) < 4.78 is 2.60. The average Bonchev–Trinajstić information content (AvgIpc) is 3.62. The minimum absolute atomic E-state index is 0.0191. The van der Waals surface area contributed by atoms with Gasteiger partial charge in [0, 0.05) is 45.5 Å². The van der Waals surface area contributed by atoms with Crippen molar-refractivity contribution in [3.8, 4) is 33.5 Å². The van der Waals surface area contributed by atoms with Gasteiger partial charge in [-0.25, -0.2) is 0 Å². The van der Waals surface area contributed by atoms with Gasteiger partial charge in [-0.15, -0.1) is 0 Å². The molecule has 0 unspecified atom stereocenters. The number of aromatic nitrogens is 2. The van der Waals surface area contributed by atoms with E-state index in [0.717, 1.165) is 12.2 Å². The van der Waals surface area contributed by atoms with E-state index in [9.17, 15) is 0 Å². The number of hydrogen-bond donors (Lipinski definition) is 0. The smallest absolute Gasteiger partial charge is 0.0702 e. The molecule has 6 aromatic rings. The molecule has 0 N–H and O–H groups in total. The van der Waals surface area contributed by atoms with Crippen molar-refractivity contribution in [3.63, 3.8) is 0 Å². The summed E-state index contributed by atoms with van der Waals surface area (Å²) in [6, 6.07) is 37.2. The van der Waals surface area contributed by atoms with Crippen molar-refractivity contribution in [2.45, 2.75) is 123 Å². The van der Waals surface area contributed by atoms with Crippen LogP contribution in [0.2, 0.25) is 0 Å². The zero-order valence-electron chi connectivity index (χ0n) is 30.8. The Morgan fingerprint density at radius 1 is 0.500 bits per heavy atom. The first-order valence-electron chi connectivity index (χ1n) is 19.9. The van der Waals surface area contributed by atoms with Crippen LogP contribution in [0.15, 0.2) is 103 Å². The Labute approximate surface area is 301 Å². The molecule has 2 heteroatoms. The predicted octanol–water partition coefficient (Wildman–Crippen LogP) is 14.3. The largest absolute Gasteiger partial charge is 0.340 e. The average molecular weight is 661 g/mol. The minimum atomic E-state index is 0.0191. The predicted molar refractivity (Wildman–Crippen MR) is 216 cm³/mol. The van der Waals surface area contributed by atoms with Crippen molar-refractivity contribution in [1.82, 2.24) is 9.55 Å². The van der Waals surface area contributed by atoms with E-state index in [1.807, 2.05) is 12.3 Å². The van der Waals surface area contributed by atoms with Gasteiger partial charge in [0.25, 0.3) is 0 Å². The van der Waals surface area contributed by atoms with Gasteiger partial charge in [-0.05, 0) is 89.0 Å². The molecule has 0 saturated heterocycles. The summed E-state index contributed by atoms with van der Waals surface area (Å²) in [5.41, 5.74) is 13.7. The van der Waals surface area contributed by atoms with E-state index in [-0.39, 0.29) is 5.41 Å². The summed E-state index contributed by atoms with van der Waals surface area (Å²) in [7, 11) is 0. The molecule has 2 aromatic heterocycles. The van der Waals surface area contributed by atoms with Crippen LogP contribution in [0.25, 0.3) is 55.3 Å². The van der Waals surface area contributed by atoms with E-state index in [4.69, 9.17) is 4.98 Å². The molecule has 4 aromatic carbocycles. The SMILES string of the molecule is CCCCCCn1c2ccccc2c2ccc(-c3ccc4c(c3)C(CCCCCC)(CCCCCC)c3cc(-c5ccccn5)ccc3-4)cc21. The van der Waals surface area contributed by atoms with Crippen LogP contribution in [0.5, 0.6) is 0 Å². The van der Waals surface area contributed by atoms with Crippen LogP contribution < -0.4 is 0 Å². The Morgan fingerprint density at radius 3 is 1.76 bits per heavy atom. The van der Waals surface area contributed by atoms with Gasteiger partial charge in [-0.1, -0.05) is 152 Å². The lowest BCUT2D eigenvalue weighted by Crippen LogP contribution is -2.25. The van der Waals surface area contributed by atoms with Crippen molar-refractivity contribution in [2.75, 3.05) is 0 Å². The highest BCUT2D eigenvalue weighted by molar-refractivity contribution is 6.09. The molecule has 0 aliphatic heterocycles. The quantitative estimate of drug-likeness (QED) is 0.0890. The van der Waals surface area contributed by atoms with Gasteiger partial charge in [0.15, 0.2) is 0 Å². The Balaban J connectivity index is 1.35. The Morgan fingerprint density at radius 2 is 1.08 bits per heavy atom. The van der Waals surface area contributed by atoms with E-state index in [1.165, 1.54) is 145 Å². The van der Waals surface area contributed by atoms with Crippen LogP contribution in [0, 0.1) is 0 Å². The Hall–Kier alpha value is -4.17. The summed E-state index contributed by atoms with van der Waals surface area (Å²) in [4.78, 5) is 4.77. The molecule has 2 nitrogen and oxygen atoms in total. The molecular formula is C48H56N2. The highest BCUT2D eigenvalue weighted by Gasteiger charge is 2.42. The fourth-order valence-corrected chi connectivity index (χ4v) is 8.90. The molecule has 0 fully saturated rings. The lowest BCUT2D eigenvalue weighted by atomic mass is 9.70. The van der Waals surface area contributed by atoms with Gasteiger partial charge in [0.05, 0.1) is 5.69 Å². The van der Waals surface area contributed by atoms with Crippen LogP contribution in [0.1, 0.15) is 122 Å². The number of rotatable bonds is 17. The number of nitrogens with zero attached hydrogens (tertiary/aromatic N) is 2. The minimum Gasteiger partial charge on any atom is -0.340 e. The molecule has 0 atom stereocenters. The Bertz CT molecular complexity index is 2020. The summed E-state index contributed by atoms with van der Waals surface area (Å²) in [5.74, 6) is 0. The third-order valence-electron chi connectivity index (χ3n) is 11.6. The fraction of sp³-hybridized carbons (Fsp3) is 0.396. The van der Waals surface area contributed by atoms with Gasteiger partial charge >= 0.3 is 0 Å². The number of unbranched alkanes of at least 4 members (excludes halogenated alkanes) is 9. The molecule has 0 amide bonds. The summed E-state index contributed by atoms with van der Waals surface area (Å²) in [6.07, 6.45) is 19.7. The van der Waals surface area contributed by atoms with Crippen molar-refractivity contribution in [3.05, 3.63) is 114 Å². The highest BCUT2D eigenvalue weighted by Crippen LogP contribution is 2.55. The molecule has 50 heavy (non-hydrogen) atoms. The number of aryl methyl sites for hydroxylation is 1. The van der Waals surface area contributed by atoms with Crippen LogP contribution in [-0.4, -0.2) is 9.55 Å². The molecule has 1 aliphatic rings. The maximum absolute atomic E-state index is 4.77. The number of para-hydroxylation sites is 1. The van der Waals surface area contributed by atoms with Gasteiger partial charge in [0.1, 0.15) is 0 Å². The van der Waals surface area contributed by atoms with Crippen LogP contribution >= 0.6 is 0 Å². The van der Waals surface area contributed by atoms with Gasteiger partial charge in [0.2, 0.25) is 0 Å². The standard InChI is InChI=1S/C48H56N2/c1-4-7-10-16-29-48(30-17-11-8-5-2)43-33-36(23-26-39(43)40-27-25-38(34-44(40)48)45-21-15-18-31-49-45)37-24-28-42-41-20-13-14-22-46(41)50(47(42)35-37)32-19-12-9-6-3/h13-15,18,20-28,31,33-35H,4-12,16-17,19,29-30,32H2,1-3H3. The first-order chi connectivity index (χ1) is 24.7. The van der Waals surface area contributed by atoms with Gasteiger partial charge in [-0.2, -0.15) is 0 Å². The van der Waals surface area contributed by atoms with E-state index >= 15 is 0 Å². The fourth-order valence-electron chi connectivity index (χ4n) is 8.90. The molecule has 7 rings (SSSR count). The number of hydrogen-bond acceptors (Lipinski definition) is 1. The number of fused-ring (bicyclic) bond motifs is 6. The van der Waals surface area contributed by atoms with Gasteiger partial charge in [-0.3, -0.25) is 4.98 Å².